The van der Waals surface area contributed by atoms with Crippen molar-refractivity contribution in [2.75, 3.05) is 19.7 Å². The molecule has 0 bridgehead atoms. The van der Waals surface area contributed by atoms with Crippen molar-refractivity contribution in [1.82, 2.24) is 10.6 Å². The third-order valence-corrected chi connectivity index (χ3v) is 2.33. The highest BCUT2D eigenvalue weighted by molar-refractivity contribution is 6.32. The highest BCUT2D eigenvalue weighted by atomic mass is 35.5. The molecule has 0 spiro atoms. The van der Waals surface area contributed by atoms with Gasteiger partial charge in [0, 0.05) is 20.0 Å². The predicted octanol–water partition coefficient (Wildman–Crippen LogP) is 0.971. The Balaban J connectivity index is 2.21. The molecule has 0 fully saturated rings. The molecule has 1 rings (SSSR count). The molecule has 2 N–H and O–H groups in total. The van der Waals surface area contributed by atoms with Gasteiger partial charge in [0.1, 0.15) is 5.75 Å². The van der Waals surface area contributed by atoms with Crippen molar-refractivity contribution in [2.24, 2.45) is 0 Å². The van der Waals surface area contributed by atoms with E-state index in [0.29, 0.717) is 23.9 Å². The monoisotopic (exact) mass is 270 g/mol. The van der Waals surface area contributed by atoms with Crippen LogP contribution in [0.2, 0.25) is 5.02 Å². The van der Waals surface area contributed by atoms with E-state index in [-0.39, 0.29) is 18.4 Å². The first-order valence-electron chi connectivity index (χ1n) is 5.48. The number of hydrogen-bond donors (Lipinski definition) is 2. The van der Waals surface area contributed by atoms with Crippen LogP contribution in [0.15, 0.2) is 24.3 Å². The quantitative estimate of drug-likeness (QED) is 0.757. The molecule has 1 aromatic rings. The lowest BCUT2D eigenvalue weighted by Gasteiger charge is -2.08. The van der Waals surface area contributed by atoms with Crippen LogP contribution in [0.5, 0.6) is 5.75 Å². The minimum absolute atomic E-state index is 0.107. The van der Waals surface area contributed by atoms with Crippen molar-refractivity contribution < 1.29 is 14.3 Å². The molecule has 6 heteroatoms. The molecule has 0 heterocycles. The topological polar surface area (TPSA) is 67.4 Å². The summed E-state index contributed by atoms with van der Waals surface area (Å²) in [6.07, 6.45) is 0. The average molecular weight is 271 g/mol. The summed E-state index contributed by atoms with van der Waals surface area (Å²) in [5.41, 5.74) is 0. The molecule has 0 aliphatic rings. The number of carbonyl (C=O) groups excluding carboxylic acids is 2. The molecule has 98 valence electrons. The summed E-state index contributed by atoms with van der Waals surface area (Å²) in [7, 11) is 0. The zero-order valence-corrected chi connectivity index (χ0v) is 10.8. The number of amides is 2. The summed E-state index contributed by atoms with van der Waals surface area (Å²) in [5, 5.41) is 5.64. The van der Waals surface area contributed by atoms with Crippen LogP contribution in [0.1, 0.15) is 6.92 Å². The Morgan fingerprint density at radius 2 is 1.89 bits per heavy atom. The number of rotatable bonds is 6. The number of para-hydroxylation sites is 1. The highest BCUT2D eigenvalue weighted by Crippen LogP contribution is 2.22. The summed E-state index contributed by atoms with van der Waals surface area (Å²) >= 11 is 5.87. The van der Waals surface area contributed by atoms with Crippen molar-refractivity contribution in [2.45, 2.75) is 6.92 Å². The summed E-state index contributed by atoms with van der Waals surface area (Å²) in [4.78, 5) is 22.0. The zero-order chi connectivity index (χ0) is 13.4. The molecule has 5 nitrogen and oxygen atoms in total. The van der Waals surface area contributed by atoms with Crippen LogP contribution in [-0.2, 0) is 9.59 Å². The van der Waals surface area contributed by atoms with Crippen LogP contribution in [0, 0.1) is 0 Å². The molecule has 0 saturated carbocycles. The molecular weight excluding hydrogens is 256 g/mol. The van der Waals surface area contributed by atoms with Gasteiger partial charge in [0.05, 0.1) is 5.02 Å². The molecule has 0 aromatic heterocycles. The van der Waals surface area contributed by atoms with Gasteiger partial charge in [-0.05, 0) is 12.1 Å². The Morgan fingerprint density at radius 3 is 2.56 bits per heavy atom. The molecule has 1 aromatic carbocycles. The highest BCUT2D eigenvalue weighted by Gasteiger charge is 2.04. The second kappa shape index (κ2) is 7.55. The fourth-order valence-electron chi connectivity index (χ4n) is 1.20. The third kappa shape index (κ3) is 5.54. The predicted molar refractivity (Wildman–Crippen MR) is 68.6 cm³/mol. The van der Waals surface area contributed by atoms with E-state index in [2.05, 4.69) is 10.6 Å². The third-order valence-electron chi connectivity index (χ3n) is 2.02. The van der Waals surface area contributed by atoms with E-state index in [9.17, 15) is 9.59 Å². The Bertz CT molecular complexity index is 424. The van der Waals surface area contributed by atoms with Gasteiger partial charge in [-0.3, -0.25) is 9.59 Å². The maximum absolute atomic E-state index is 11.4. The molecule has 0 aliphatic heterocycles. The van der Waals surface area contributed by atoms with Crippen LogP contribution < -0.4 is 15.4 Å². The molecule has 2 amide bonds. The number of halogens is 1. The lowest BCUT2D eigenvalue weighted by Crippen LogP contribution is -2.36. The molecule has 0 unspecified atom stereocenters. The van der Waals surface area contributed by atoms with Crippen LogP contribution in [0.25, 0.3) is 0 Å². The number of benzene rings is 1. The van der Waals surface area contributed by atoms with E-state index >= 15 is 0 Å². The van der Waals surface area contributed by atoms with E-state index < -0.39 is 0 Å². The summed E-state index contributed by atoms with van der Waals surface area (Å²) in [5.74, 6) is 0.0769. The van der Waals surface area contributed by atoms with Gasteiger partial charge in [0.15, 0.2) is 6.61 Å². The second-order valence-electron chi connectivity index (χ2n) is 3.55. The molecule has 18 heavy (non-hydrogen) atoms. The van der Waals surface area contributed by atoms with Crippen LogP contribution >= 0.6 is 11.6 Å². The van der Waals surface area contributed by atoms with Crippen LogP contribution in [-0.4, -0.2) is 31.5 Å². The van der Waals surface area contributed by atoms with Crippen molar-refractivity contribution in [3.8, 4) is 5.75 Å². The number of nitrogens with one attached hydrogen (secondary N) is 2. The summed E-state index contributed by atoms with van der Waals surface area (Å²) < 4.78 is 5.25. The molecule has 0 atom stereocenters. The van der Waals surface area contributed by atoms with Gasteiger partial charge in [-0.2, -0.15) is 0 Å². The van der Waals surface area contributed by atoms with E-state index in [1.807, 2.05) is 0 Å². The molecular formula is C12H15ClN2O3. The van der Waals surface area contributed by atoms with E-state index in [4.69, 9.17) is 16.3 Å². The van der Waals surface area contributed by atoms with E-state index in [1.54, 1.807) is 24.3 Å². The molecule has 0 aliphatic carbocycles. The van der Waals surface area contributed by atoms with Crippen molar-refractivity contribution in [1.29, 1.82) is 0 Å². The SMILES string of the molecule is CC(=O)NCCNC(=O)COc1ccccc1Cl. The number of carbonyl (C=O) groups is 2. The first kappa shape index (κ1) is 14.3. The largest absolute Gasteiger partial charge is 0.482 e. The van der Waals surface area contributed by atoms with Gasteiger partial charge in [0.25, 0.3) is 5.91 Å². The number of ether oxygens (including phenoxy) is 1. The van der Waals surface area contributed by atoms with Gasteiger partial charge in [-0.1, -0.05) is 23.7 Å². The van der Waals surface area contributed by atoms with Gasteiger partial charge in [-0.25, -0.2) is 0 Å². The van der Waals surface area contributed by atoms with Gasteiger partial charge < -0.3 is 15.4 Å². The fourth-order valence-corrected chi connectivity index (χ4v) is 1.39. The van der Waals surface area contributed by atoms with Crippen LogP contribution in [0.3, 0.4) is 0 Å². The van der Waals surface area contributed by atoms with Gasteiger partial charge in [0.2, 0.25) is 5.91 Å². The van der Waals surface area contributed by atoms with Gasteiger partial charge >= 0.3 is 0 Å². The summed E-state index contributed by atoms with van der Waals surface area (Å²) in [6, 6.07) is 6.93. The van der Waals surface area contributed by atoms with Crippen molar-refractivity contribution >= 4 is 23.4 Å². The fraction of sp³-hybridized carbons (Fsp3) is 0.333. The Morgan fingerprint density at radius 1 is 1.22 bits per heavy atom. The van der Waals surface area contributed by atoms with Gasteiger partial charge in [-0.15, -0.1) is 0 Å². The standard InChI is InChI=1S/C12H15ClN2O3/c1-9(16)14-6-7-15-12(17)8-18-11-5-3-2-4-10(11)13/h2-5H,6-8H2,1H3,(H,14,16)(H,15,17). The first-order chi connectivity index (χ1) is 8.59. The smallest absolute Gasteiger partial charge is 0.258 e. The zero-order valence-electron chi connectivity index (χ0n) is 10.0. The van der Waals surface area contributed by atoms with Crippen molar-refractivity contribution in [3.05, 3.63) is 29.3 Å². The minimum Gasteiger partial charge on any atom is -0.482 e. The lowest BCUT2D eigenvalue weighted by molar-refractivity contribution is -0.123. The average Bonchev–Trinajstić information content (AvgIpc) is 2.33. The maximum Gasteiger partial charge on any atom is 0.258 e. The second-order valence-corrected chi connectivity index (χ2v) is 3.96. The van der Waals surface area contributed by atoms with E-state index in [1.165, 1.54) is 6.92 Å². The maximum atomic E-state index is 11.4. The van der Waals surface area contributed by atoms with Crippen LogP contribution in [0.4, 0.5) is 0 Å². The Hall–Kier alpha value is -1.75. The first-order valence-corrected chi connectivity index (χ1v) is 5.86. The molecule has 0 saturated heterocycles. The lowest BCUT2D eigenvalue weighted by atomic mass is 10.3. The minimum atomic E-state index is -0.264. The Kier molecular flexibility index (Phi) is 6.00. The number of hydrogen-bond acceptors (Lipinski definition) is 3. The van der Waals surface area contributed by atoms with Crippen molar-refractivity contribution in [3.63, 3.8) is 0 Å². The summed E-state index contributed by atoms with van der Waals surface area (Å²) in [6.45, 7) is 2.07. The Labute approximate surface area is 110 Å². The van der Waals surface area contributed by atoms with E-state index in [0.717, 1.165) is 0 Å². The molecule has 0 radical (unpaired) electrons. The normalized spacial score (nSPS) is 9.67.